The molecule has 0 bridgehead atoms. The number of sulfonamides is 1. The summed E-state index contributed by atoms with van der Waals surface area (Å²) in [5, 5.41) is 4.00. The van der Waals surface area contributed by atoms with E-state index >= 15 is 0 Å². The standard InChI is InChI=1S/C15H17N3O4S/c1-10(2)16-14(19)15(20)17-18-23(21,22)13-8-7-11-5-3-4-6-12(11)9-13/h3-10,18H,1-2H3,(H,16,19)(H,17,20). The van der Waals surface area contributed by atoms with Crippen molar-refractivity contribution in [3.05, 3.63) is 42.5 Å². The molecule has 2 amide bonds. The van der Waals surface area contributed by atoms with Crippen molar-refractivity contribution in [2.45, 2.75) is 24.8 Å². The zero-order chi connectivity index (χ0) is 17.0. The highest BCUT2D eigenvalue weighted by Crippen LogP contribution is 2.18. The lowest BCUT2D eigenvalue weighted by atomic mass is 10.1. The molecule has 0 unspecified atom stereocenters. The van der Waals surface area contributed by atoms with Crippen molar-refractivity contribution in [1.82, 2.24) is 15.6 Å². The Kier molecular flexibility index (Phi) is 4.97. The summed E-state index contributed by atoms with van der Waals surface area (Å²) in [5.74, 6) is -2.00. The number of amides is 2. The Balaban J connectivity index is 2.11. The Morgan fingerprint density at radius 1 is 0.957 bits per heavy atom. The van der Waals surface area contributed by atoms with Crippen molar-refractivity contribution in [2.24, 2.45) is 0 Å². The number of carbonyl (C=O) groups is 2. The van der Waals surface area contributed by atoms with Gasteiger partial charge in [0.05, 0.1) is 4.90 Å². The van der Waals surface area contributed by atoms with Gasteiger partial charge in [0.15, 0.2) is 0 Å². The molecule has 7 nitrogen and oxygen atoms in total. The van der Waals surface area contributed by atoms with Gasteiger partial charge in [-0.2, -0.15) is 0 Å². The molecule has 2 rings (SSSR count). The second-order valence-electron chi connectivity index (χ2n) is 5.20. The third kappa shape index (κ3) is 4.27. The number of rotatable bonds is 4. The van der Waals surface area contributed by atoms with Crippen LogP contribution in [0.2, 0.25) is 0 Å². The van der Waals surface area contributed by atoms with Gasteiger partial charge in [-0.1, -0.05) is 30.3 Å². The molecule has 2 aromatic carbocycles. The largest absolute Gasteiger partial charge is 0.346 e. The molecule has 23 heavy (non-hydrogen) atoms. The van der Waals surface area contributed by atoms with Crippen molar-refractivity contribution in [3.8, 4) is 0 Å². The second-order valence-corrected chi connectivity index (χ2v) is 6.88. The molecule has 2 aromatic rings. The zero-order valence-corrected chi connectivity index (χ0v) is 13.5. The second kappa shape index (κ2) is 6.76. The van der Waals surface area contributed by atoms with Crippen LogP contribution < -0.4 is 15.6 Å². The van der Waals surface area contributed by atoms with Gasteiger partial charge in [0, 0.05) is 6.04 Å². The maximum Gasteiger partial charge on any atom is 0.324 e. The fraction of sp³-hybridized carbons (Fsp3) is 0.200. The van der Waals surface area contributed by atoms with Gasteiger partial charge >= 0.3 is 11.8 Å². The maximum absolute atomic E-state index is 12.2. The summed E-state index contributed by atoms with van der Waals surface area (Å²) in [4.78, 5) is 24.8. The fourth-order valence-corrected chi connectivity index (χ4v) is 2.77. The fourth-order valence-electron chi connectivity index (χ4n) is 1.89. The number of hydrogen-bond donors (Lipinski definition) is 3. The van der Waals surface area contributed by atoms with Crippen LogP contribution in [0.25, 0.3) is 10.8 Å². The monoisotopic (exact) mass is 335 g/mol. The van der Waals surface area contributed by atoms with Gasteiger partial charge in [-0.3, -0.25) is 15.0 Å². The topological polar surface area (TPSA) is 104 Å². The highest BCUT2D eigenvalue weighted by atomic mass is 32.2. The van der Waals surface area contributed by atoms with E-state index in [1.54, 1.807) is 32.0 Å². The van der Waals surface area contributed by atoms with Gasteiger partial charge in [0.25, 0.3) is 10.0 Å². The predicted molar refractivity (Wildman–Crippen MR) is 85.7 cm³/mol. The Morgan fingerprint density at radius 3 is 2.26 bits per heavy atom. The first-order chi connectivity index (χ1) is 10.8. The lowest BCUT2D eigenvalue weighted by Gasteiger charge is -2.10. The van der Waals surface area contributed by atoms with Crippen molar-refractivity contribution < 1.29 is 18.0 Å². The van der Waals surface area contributed by atoms with Crippen LogP contribution in [-0.2, 0) is 19.6 Å². The number of benzene rings is 2. The van der Waals surface area contributed by atoms with Gasteiger partial charge in [-0.25, -0.2) is 8.42 Å². The molecule has 3 N–H and O–H groups in total. The molecule has 0 radical (unpaired) electrons. The van der Waals surface area contributed by atoms with Crippen LogP contribution in [0.15, 0.2) is 47.4 Å². The minimum absolute atomic E-state index is 0.0132. The summed E-state index contributed by atoms with van der Waals surface area (Å²) in [7, 11) is -3.97. The summed E-state index contributed by atoms with van der Waals surface area (Å²) in [6, 6.07) is 11.6. The Bertz CT molecular complexity index is 847. The van der Waals surface area contributed by atoms with E-state index in [4.69, 9.17) is 0 Å². The highest BCUT2D eigenvalue weighted by Gasteiger charge is 2.19. The van der Waals surface area contributed by atoms with E-state index in [0.29, 0.717) is 0 Å². The summed E-state index contributed by atoms with van der Waals surface area (Å²) in [6.45, 7) is 3.37. The third-order valence-electron chi connectivity index (χ3n) is 2.96. The van der Waals surface area contributed by atoms with Gasteiger partial charge < -0.3 is 5.32 Å². The van der Waals surface area contributed by atoms with Crippen LogP contribution in [-0.4, -0.2) is 26.3 Å². The predicted octanol–water partition coefficient (Wildman–Crippen LogP) is 0.674. The molecule has 8 heteroatoms. The SMILES string of the molecule is CC(C)NC(=O)C(=O)NNS(=O)(=O)c1ccc2ccccc2c1. The number of hydrogen-bond acceptors (Lipinski definition) is 4. The minimum Gasteiger partial charge on any atom is -0.346 e. The molecule has 0 fully saturated rings. The first-order valence-electron chi connectivity index (χ1n) is 6.91. The number of carbonyl (C=O) groups excluding carboxylic acids is 2. The van der Waals surface area contributed by atoms with Crippen LogP contribution in [0.3, 0.4) is 0 Å². The quantitative estimate of drug-likeness (QED) is 0.564. The van der Waals surface area contributed by atoms with E-state index in [9.17, 15) is 18.0 Å². The molecule has 0 heterocycles. The molecule has 0 aromatic heterocycles. The Morgan fingerprint density at radius 2 is 1.61 bits per heavy atom. The van der Waals surface area contributed by atoms with Crippen molar-refractivity contribution in [1.29, 1.82) is 0 Å². The molecule has 0 saturated heterocycles. The summed E-state index contributed by atoms with van der Waals surface area (Å²) >= 11 is 0. The number of hydrazine groups is 1. The van der Waals surface area contributed by atoms with Gasteiger partial charge in [0.1, 0.15) is 0 Å². The summed E-state index contributed by atoms with van der Waals surface area (Å²) < 4.78 is 24.3. The van der Waals surface area contributed by atoms with E-state index in [-0.39, 0.29) is 10.9 Å². The van der Waals surface area contributed by atoms with Crippen LogP contribution in [0, 0.1) is 0 Å². The number of nitrogens with one attached hydrogen (secondary N) is 3. The lowest BCUT2D eigenvalue weighted by Crippen LogP contribution is -2.49. The Labute approximate surface area is 134 Å². The van der Waals surface area contributed by atoms with Crippen LogP contribution in [0.4, 0.5) is 0 Å². The zero-order valence-electron chi connectivity index (χ0n) is 12.7. The molecule has 0 atom stereocenters. The molecule has 122 valence electrons. The van der Waals surface area contributed by atoms with Crippen molar-refractivity contribution in [2.75, 3.05) is 0 Å². The third-order valence-corrected chi connectivity index (χ3v) is 4.20. The van der Waals surface area contributed by atoms with Gasteiger partial charge in [0.2, 0.25) is 0 Å². The average Bonchev–Trinajstić information content (AvgIpc) is 2.51. The van der Waals surface area contributed by atoms with E-state index in [1.807, 2.05) is 22.4 Å². The molecular formula is C15H17N3O4S. The molecule has 0 spiro atoms. The van der Waals surface area contributed by atoms with Crippen molar-refractivity contribution in [3.63, 3.8) is 0 Å². The van der Waals surface area contributed by atoms with E-state index in [2.05, 4.69) is 5.32 Å². The van der Waals surface area contributed by atoms with Crippen LogP contribution >= 0.6 is 0 Å². The summed E-state index contributed by atoms with van der Waals surface area (Å²) in [5.41, 5.74) is 1.89. The van der Waals surface area contributed by atoms with Crippen LogP contribution in [0.1, 0.15) is 13.8 Å². The van der Waals surface area contributed by atoms with Crippen LogP contribution in [0.5, 0.6) is 0 Å². The van der Waals surface area contributed by atoms with E-state index < -0.39 is 21.8 Å². The Hall–Kier alpha value is -2.45. The molecule has 0 aliphatic carbocycles. The highest BCUT2D eigenvalue weighted by molar-refractivity contribution is 7.89. The summed E-state index contributed by atoms with van der Waals surface area (Å²) in [6.07, 6.45) is 0. The lowest BCUT2D eigenvalue weighted by molar-refractivity contribution is -0.139. The van der Waals surface area contributed by atoms with Gasteiger partial charge in [-0.05, 0) is 36.8 Å². The molecule has 0 aliphatic rings. The maximum atomic E-state index is 12.2. The smallest absolute Gasteiger partial charge is 0.324 e. The van der Waals surface area contributed by atoms with E-state index in [1.165, 1.54) is 12.1 Å². The van der Waals surface area contributed by atoms with Gasteiger partial charge in [-0.15, -0.1) is 4.83 Å². The van der Waals surface area contributed by atoms with E-state index in [0.717, 1.165) is 10.8 Å². The first-order valence-corrected chi connectivity index (χ1v) is 8.39. The molecule has 0 saturated carbocycles. The molecule has 0 aliphatic heterocycles. The normalized spacial score (nSPS) is 11.4. The average molecular weight is 335 g/mol. The number of fused-ring (bicyclic) bond motifs is 1. The minimum atomic E-state index is -3.97. The molecular weight excluding hydrogens is 318 g/mol. The first kappa shape index (κ1) is 16.9. The van der Waals surface area contributed by atoms with Crippen molar-refractivity contribution >= 4 is 32.6 Å².